The number of nitrogens with zero attached hydrogens (tertiary/aromatic N) is 3. The van der Waals surface area contributed by atoms with Gasteiger partial charge in [0.25, 0.3) is 0 Å². The Balaban J connectivity index is 2.74. The second-order valence-corrected chi connectivity index (χ2v) is 6.09. The van der Waals surface area contributed by atoms with Crippen LogP contribution >= 0.6 is 0 Å². The van der Waals surface area contributed by atoms with Crippen molar-refractivity contribution in [3.63, 3.8) is 0 Å². The van der Waals surface area contributed by atoms with E-state index in [1.807, 2.05) is 13.1 Å². The van der Waals surface area contributed by atoms with Crippen LogP contribution in [0.25, 0.3) is 0 Å². The first-order chi connectivity index (χ1) is 9.95. The highest BCUT2D eigenvalue weighted by Gasteiger charge is 2.14. The molecule has 0 amide bonds. The van der Waals surface area contributed by atoms with Crippen molar-refractivity contribution in [2.75, 3.05) is 31.7 Å². The lowest BCUT2D eigenvalue weighted by molar-refractivity contribution is 0.203. The quantitative estimate of drug-likeness (QED) is 0.758. The number of rotatable bonds is 9. The van der Waals surface area contributed by atoms with Crippen LogP contribution in [0.2, 0.25) is 0 Å². The summed E-state index contributed by atoms with van der Waals surface area (Å²) in [5, 5.41) is 3.43. The molecule has 0 aliphatic carbocycles. The van der Waals surface area contributed by atoms with Gasteiger partial charge in [0.2, 0.25) is 5.95 Å². The van der Waals surface area contributed by atoms with Crippen LogP contribution in [0, 0.1) is 12.8 Å². The highest BCUT2D eigenvalue weighted by molar-refractivity contribution is 5.34. The van der Waals surface area contributed by atoms with Gasteiger partial charge in [-0.1, -0.05) is 13.8 Å². The van der Waals surface area contributed by atoms with Crippen molar-refractivity contribution in [3.05, 3.63) is 17.5 Å². The molecule has 0 unspecified atom stereocenters. The van der Waals surface area contributed by atoms with Gasteiger partial charge in [0.05, 0.1) is 6.61 Å². The van der Waals surface area contributed by atoms with Gasteiger partial charge in [0, 0.05) is 43.7 Å². The van der Waals surface area contributed by atoms with Gasteiger partial charge in [-0.2, -0.15) is 0 Å². The molecule has 0 saturated heterocycles. The van der Waals surface area contributed by atoms with Crippen molar-refractivity contribution in [1.82, 2.24) is 15.3 Å². The van der Waals surface area contributed by atoms with E-state index in [1.54, 1.807) is 7.11 Å². The molecule has 120 valence electrons. The molecule has 0 aliphatic rings. The van der Waals surface area contributed by atoms with Crippen LogP contribution in [0.4, 0.5) is 5.95 Å². The van der Waals surface area contributed by atoms with Crippen LogP contribution in [0.3, 0.4) is 0 Å². The van der Waals surface area contributed by atoms with E-state index in [0.717, 1.165) is 36.8 Å². The summed E-state index contributed by atoms with van der Waals surface area (Å²) < 4.78 is 5.17. The fraction of sp³-hybridized carbons (Fsp3) is 0.750. The Kier molecular flexibility index (Phi) is 7.61. The summed E-state index contributed by atoms with van der Waals surface area (Å²) in [6.45, 7) is 14.1. The van der Waals surface area contributed by atoms with E-state index >= 15 is 0 Å². The van der Waals surface area contributed by atoms with Crippen molar-refractivity contribution in [2.45, 2.75) is 47.2 Å². The molecule has 0 saturated carbocycles. The number of nitrogens with one attached hydrogen (secondary N) is 1. The maximum absolute atomic E-state index is 5.17. The lowest BCUT2D eigenvalue weighted by Gasteiger charge is -2.26. The van der Waals surface area contributed by atoms with Crippen LogP contribution in [0.1, 0.15) is 39.0 Å². The smallest absolute Gasteiger partial charge is 0.225 e. The predicted molar refractivity (Wildman–Crippen MR) is 87.7 cm³/mol. The number of anilines is 1. The largest absolute Gasteiger partial charge is 0.383 e. The Hall–Kier alpha value is -1.20. The lowest BCUT2D eigenvalue weighted by Crippen LogP contribution is -2.35. The van der Waals surface area contributed by atoms with Crippen LogP contribution in [-0.4, -0.2) is 42.8 Å². The van der Waals surface area contributed by atoms with Crippen molar-refractivity contribution in [3.8, 4) is 0 Å². The Morgan fingerprint density at radius 2 is 2.00 bits per heavy atom. The second kappa shape index (κ2) is 8.95. The number of aryl methyl sites for hydroxylation is 1. The van der Waals surface area contributed by atoms with Crippen molar-refractivity contribution < 1.29 is 4.74 Å². The average molecular weight is 294 g/mol. The molecule has 1 rings (SSSR count). The van der Waals surface area contributed by atoms with E-state index in [2.05, 4.69) is 47.9 Å². The molecular weight excluding hydrogens is 264 g/mol. The maximum Gasteiger partial charge on any atom is 0.225 e. The van der Waals surface area contributed by atoms with Crippen LogP contribution in [0.5, 0.6) is 0 Å². The third-order valence-electron chi connectivity index (χ3n) is 3.35. The van der Waals surface area contributed by atoms with E-state index < -0.39 is 0 Å². The second-order valence-electron chi connectivity index (χ2n) is 6.09. The minimum atomic E-state index is 0.351. The number of hydrogen-bond acceptors (Lipinski definition) is 5. The number of hydrogen-bond donors (Lipinski definition) is 1. The first-order valence-electron chi connectivity index (χ1n) is 7.74. The topological polar surface area (TPSA) is 50.3 Å². The number of ether oxygens (including phenoxy) is 1. The third-order valence-corrected chi connectivity index (χ3v) is 3.35. The molecule has 0 spiro atoms. The zero-order valence-electron chi connectivity index (χ0n) is 14.3. The van der Waals surface area contributed by atoms with Crippen LogP contribution in [0.15, 0.2) is 6.20 Å². The standard InChI is InChI=1S/C16H30N4O/c1-12(2)9-17-10-15-11-18-16(19-14(15)5)20(13(3)4)7-8-21-6/h11-13,17H,7-10H2,1-6H3. The lowest BCUT2D eigenvalue weighted by atomic mass is 10.2. The van der Waals surface area contributed by atoms with Gasteiger partial charge in [0.1, 0.15) is 0 Å². The van der Waals surface area contributed by atoms with Crippen molar-refractivity contribution >= 4 is 5.95 Å². The molecule has 21 heavy (non-hydrogen) atoms. The molecule has 0 atom stereocenters. The molecule has 0 aliphatic heterocycles. The minimum absolute atomic E-state index is 0.351. The van der Waals surface area contributed by atoms with Gasteiger partial charge in [-0.15, -0.1) is 0 Å². The summed E-state index contributed by atoms with van der Waals surface area (Å²) in [6, 6.07) is 0.351. The van der Waals surface area contributed by atoms with Gasteiger partial charge in [0.15, 0.2) is 0 Å². The molecule has 0 aromatic carbocycles. The molecule has 0 bridgehead atoms. The SMILES string of the molecule is COCCN(c1ncc(CNCC(C)C)c(C)n1)C(C)C. The van der Waals surface area contributed by atoms with E-state index in [1.165, 1.54) is 0 Å². The van der Waals surface area contributed by atoms with Gasteiger partial charge >= 0.3 is 0 Å². The van der Waals surface area contributed by atoms with Gasteiger partial charge in [-0.3, -0.25) is 0 Å². The molecule has 1 aromatic rings. The summed E-state index contributed by atoms with van der Waals surface area (Å²) in [5.41, 5.74) is 2.20. The first-order valence-corrected chi connectivity index (χ1v) is 7.74. The van der Waals surface area contributed by atoms with E-state index in [0.29, 0.717) is 18.6 Å². The van der Waals surface area contributed by atoms with Crippen LogP contribution < -0.4 is 10.2 Å². The number of aromatic nitrogens is 2. The molecular formula is C16H30N4O. The summed E-state index contributed by atoms with van der Waals surface area (Å²) in [6.07, 6.45) is 1.94. The third kappa shape index (κ3) is 5.98. The minimum Gasteiger partial charge on any atom is -0.383 e. The molecule has 1 N–H and O–H groups in total. The maximum atomic E-state index is 5.17. The molecule has 5 heteroatoms. The molecule has 0 fully saturated rings. The first kappa shape index (κ1) is 17.9. The zero-order chi connectivity index (χ0) is 15.8. The van der Waals surface area contributed by atoms with Crippen molar-refractivity contribution in [2.24, 2.45) is 5.92 Å². The fourth-order valence-corrected chi connectivity index (χ4v) is 2.07. The predicted octanol–water partition coefficient (Wildman–Crippen LogP) is 2.39. The van der Waals surface area contributed by atoms with Crippen molar-refractivity contribution in [1.29, 1.82) is 0 Å². The van der Waals surface area contributed by atoms with Gasteiger partial charge in [-0.05, 0) is 33.2 Å². The summed E-state index contributed by atoms with van der Waals surface area (Å²) >= 11 is 0. The fourth-order valence-electron chi connectivity index (χ4n) is 2.07. The molecule has 5 nitrogen and oxygen atoms in total. The van der Waals surface area contributed by atoms with E-state index in [4.69, 9.17) is 4.74 Å². The Bertz CT molecular complexity index is 421. The Labute approximate surface area is 129 Å². The summed E-state index contributed by atoms with van der Waals surface area (Å²) in [5.74, 6) is 1.43. The highest BCUT2D eigenvalue weighted by Crippen LogP contribution is 2.14. The normalized spacial score (nSPS) is 11.4. The average Bonchev–Trinajstić information content (AvgIpc) is 2.40. The van der Waals surface area contributed by atoms with Crippen LogP contribution in [-0.2, 0) is 11.3 Å². The monoisotopic (exact) mass is 294 g/mol. The zero-order valence-corrected chi connectivity index (χ0v) is 14.3. The summed E-state index contributed by atoms with van der Waals surface area (Å²) in [4.78, 5) is 11.4. The summed E-state index contributed by atoms with van der Waals surface area (Å²) in [7, 11) is 1.72. The highest BCUT2D eigenvalue weighted by atomic mass is 16.5. The molecule has 1 aromatic heterocycles. The molecule has 1 heterocycles. The Morgan fingerprint density at radius 3 is 2.52 bits per heavy atom. The van der Waals surface area contributed by atoms with Gasteiger partial charge < -0.3 is 15.0 Å². The van der Waals surface area contributed by atoms with Gasteiger partial charge in [-0.25, -0.2) is 9.97 Å². The number of methoxy groups -OCH3 is 1. The molecule has 0 radical (unpaired) electrons. The van der Waals surface area contributed by atoms with E-state index in [-0.39, 0.29) is 0 Å². The van der Waals surface area contributed by atoms with E-state index in [9.17, 15) is 0 Å². The Morgan fingerprint density at radius 1 is 1.29 bits per heavy atom.